The standard InChI is InChI=1S/C12H20N4O6S.Na/c17-9-13-1-2-14(10-23(20,21)22)4-6-16-8-7-15(5-3-13)11(18)12(16)19;/h9H,1-8,10H2,(H,20,21,22);/q;+1/p-1. The minimum absolute atomic E-state index is 0. The number of piperazine rings is 1. The molecule has 3 aliphatic rings. The number of fused-ring (bicyclic) bond motifs is 9. The van der Waals surface area contributed by atoms with Crippen molar-refractivity contribution in [3.8, 4) is 0 Å². The number of amides is 3. The second kappa shape index (κ2) is 9.11. The van der Waals surface area contributed by atoms with Crippen LogP contribution in [0, 0.1) is 0 Å². The van der Waals surface area contributed by atoms with Crippen LogP contribution in [0.1, 0.15) is 0 Å². The van der Waals surface area contributed by atoms with Gasteiger partial charge in [-0.1, -0.05) is 0 Å². The quantitative estimate of drug-likeness (QED) is 0.210. The summed E-state index contributed by atoms with van der Waals surface area (Å²) in [6.07, 6.45) is 0.609. The molecule has 24 heavy (non-hydrogen) atoms. The Labute approximate surface area is 162 Å². The van der Waals surface area contributed by atoms with E-state index in [0.29, 0.717) is 19.5 Å². The van der Waals surface area contributed by atoms with Crippen molar-refractivity contribution in [2.75, 3.05) is 58.2 Å². The van der Waals surface area contributed by atoms with E-state index in [-0.39, 0.29) is 68.8 Å². The first-order valence-corrected chi connectivity index (χ1v) is 8.81. The molecule has 3 rings (SSSR count). The largest absolute Gasteiger partial charge is 1.00 e. The zero-order valence-corrected chi connectivity index (χ0v) is 16.4. The Morgan fingerprint density at radius 3 is 1.79 bits per heavy atom. The van der Waals surface area contributed by atoms with E-state index in [1.807, 2.05) is 0 Å². The van der Waals surface area contributed by atoms with Gasteiger partial charge in [0.2, 0.25) is 6.41 Å². The molecule has 0 radical (unpaired) electrons. The first kappa shape index (κ1) is 21.3. The van der Waals surface area contributed by atoms with Crippen molar-refractivity contribution in [1.29, 1.82) is 0 Å². The van der Waals surface area contributed by atoms with Gasteiger partial charge >= 0.3 is 41.4 Å². The van der Waals surface area contributed by atoms with Crippen LogP contribution >= 0.6 is 0 Å². The minimum Gasteiger partial charge on any atom is -0.747 e. The first-order chi connectivity index (χ1) is 10.8. The van der Waals surface area contributed by atoms with Crippen molar-refractivity contribution >= 4 is 28.3 Å². The number of rotatable bonds is 3. The van der Waals surface area contributed by atoms with Gasteiger partial charge < -0.3 is 19.3 Å². The van der Waals surface area contributed by atoms with Crippen LogP contribution in [0.3, 0.4) is 0 Å². The van der Waals surface area contributed by atoms with Crippen LogP contribution in [-0.4, -0.2) is 109 Å². The summed E-state index contributed by atoms with van der Waals surface area (Å²) in [5.41, 5.74) is 0. The molecule has 0 aromatic carbocycles. The van der Waals surface area contributed by atoms with Gasteiger partial charge in [0.25, 0.3) is 0 Å². The fourth-order valence-corrected chi connectivity index (χ4v) is 3.31. The number of carbonyl (C=O) groups excluding carboxylic acids is 3. The average Bonchev–Trinajstić information content (AvgIpc) is 2.46. The van der Waals surface area contributed by atoms with E-state index in [1.54, 1.807) is 0 Å². The van der Waals surface area contributed by atoms with Crippen molar-refractivity contribution in [3.63, 3.8) is 0 Å². The van der Waals surface area contributed by atoms with E-state index in [9.17, 15) is 27.4 Å². The summed E-state index contributed by atoms with van der Waals surface area (Å²) >= 11 is 0. The maximum Gasteiger partial charge on any atom is 1.00 e. The predicted molar refractivity (Wildman–Crippen MR) is 76.9 cm³/mol. The Hall–Kier alpha value is -0.720. The first-order valence-electron chi connectivity index (χ1n) is 7.23. The molecule has 0 spiro atoms. The van der Waals surface area contributed by atoms with Gasteiger partial charge in [0.1, 0.15) is 10.1 Å². The van der Waals surface area contributed by atoms with Crippen LogP contribution in [-0.2, 0) is 24.5 Å². The van der Waals surface area contributed by atoms with Crippen LogP contribution in [0.15, 0.2) is 0 Å². The van der Waals surface area contributed by atoms with Crippen molar-refractivity contribution in [3.05, 3.63) is 0 Å². The third-order valence-electron chi connectivity index (χ3n) is 3.93. The normalized spacial score (nSPS) is 21.1. The molecule has 12 heteroatoms. The van der Waals surface area contributed by atoms with Crippen LogP contribution in [0.25, 0.3) is 0 Å². The molecule has 130 valence electrons. The van der Waals surface area contributed by atoms with Gasteiger partial charge in [-0.3, -0.25) is 19.3 Å². The summed E-state index contributed by atoms with van der Waals surface area (Å²) in [6.45, 7) is 1.98. The van der Waals surface area contributed by atoms with E-state index < -0.39 is 27.8 Å². The van der Waals surface area contributed by atoms with Gasteiger partial charge in [0.15, 0.2) is 0 Å². The molecule has 2 bridgehead atoms. The monoisotopic (exact) mass is 370 g/mol. The second-order valence-electron chi connectivity index (χ2n) is 5.53. The van der Waals surface area contributed by atoms with Gasteiger partial charge in [-0.25, -0.2) is 8.42 Å². The van der Waals surface area contributed by atoms with Crippen molar-refractivity contribution < 1.29 is 56.9 Å². The van der Waals surface area contributed by atoms with Crippen LogP contribution in [0.2, 0.25) is 0 Å². The van der Waals surface area contributed by atoms with Gasteiger partial charge in [-0.2, -0.15) is 0 Å². The van der Waals surface area contributed by atoms with Crippen molar-refractivity contribution in [2.24, 2.45) is 0 Å². The smallest absolute Gasteiger partial charge is 0.747 e. The molecule has 10 nitrogen and oxygen atoms in total. The molecule has 3 amide bonds. The Bertz CT molecular complexity index is 586. The molecule has 0 saturated carbocycles. The SMILES string of the molecule is O=CN1CCN(CS(=O)(=O)[O-])CCN2CCN(CC1)C(=O)C2=O.[Na+]. The Morgan fingerprint density at radius 2 is 1.29 bits per heavy atom. The summed E-state index contributed by atoms with van der Waals surface area (Å²) in [5.74, 6) is -1.95. The van der Waals surface area contributed by atoms with Gasteiger partial charge in [-0.05, 0) is 0 Å². The molecule has 0 aliphatic carbocycles. The fourth-order valence-electron chi connectivity index (χ4n) is 2.60. The summed E-state index contributed by atoms with van der Waals surface area (Å²) < 4.78 is 32.9. The summed E-state index contributed by atoms with van der Waals surface area (Å²) in [7, 11) is -4.46. The van der Waals surface area contributed by atoms with E-state index in [1.165, 1.54) is 19.6 Å². The molecule has 0 unspecified atom stereocenters. The van der Waals surface area contributed by atoms with Crippen LogP contribution < -0.4 is 29.6 Å². The molecule has 0 aromatic heterocycles. The van der Waals surface area contributed by atoms with Gasteiger partial charge in [0.05, 0.1) is 5.88 Å². The average molecular weight is 370 g/mol. The maximum atomic E-state index is 12.0. The Balaban J connectivity index is 0.00000288. The molecule has 0 N–H and O–H groups in total. The third-order valence-corrected chi connectivity index (χ3v) is 4.62. The molecule has 3 heterocycles. The van der Waals surface area contributed by atoms with Crippen molar-refractivity contribution in [1.82, 2.24) is 19.6 Å². The zero-order valence-electron chi connectivity index (χ0n) is 13.6. The van der Waals surface area contributed by atoms with Gasteiger partial charge in [0, 0.05) is 52.4 Å². The van der Waals surface area contributed by atoms with Crippen LogP contribution in [0.5, 0.6) is 0 Å². The minimum atomic E-state index is -4.46. The number of hydrogen-bond acceptors (Lipinski definition) is 7. The van der Waals surface area contributed by atoms with E-state index >= 15 is 0 Å². The fraction of sp³-hybridized carbons (Fsp3) is 0.750. The predicted octanol–water partition coefficient (Wildman–Crippen LogP) is -6.06. The zero-order chi connectivity index (χ0) is 17.0. The van der Waals surface area contributed by atoms with Crippen LogP contribution in [0.4, 0.5) is 0 Å². The number of hydrogen-bond donors (Lipinski definition) is 0. The van der Waals surface area contributed by atoms with E-state index in [0.717, 1.165) is 0 Å². The number of nitrogens with zero attached hydrogens (tertiary/aromatic N) is 4. The topological polar surface area (TPSA) is 121 Å². The summed E-state index contributed by atoms with van der Waals surface area (Å²) in [6, 6.07) is 0. The van der Waals surface area contributed by atoms with E-state index in [4.69, 9.17) is 0 Å². The maximum absolute atomic E-state index is 12.0. The molecule has 3 aliphatic heterocycles. The summed E-state index contributed by atoms with van der Waals surface area (Å²) in [5, 5.41) is 0. The second-order valence-corrected chi connectivity index (χ2v) is 6.90. The Morgan fingerprint density at radius 1 is 0.875 bits per heavy atom. The molecule has 3 saturated heterocycles. The third kappa shape index (κ3) is 5.97. The summed E-state index contributed by atoms with van der Waals surface area (Å²) in [4.78, 5) is 40.6. The molecule has 0 aromatic rings. The molecule has 3 fully saturated rings. The number of carbonyl (C=O) groups is 3. The van der Waals surface area contributed by atoms with E-state index in [2.05, 4.69) is 0 Å². The van der Waals surface area contributed by atoms with Gasteiger partial charge in [-0.15, -0.1) is 0 Å². The molecule has 0 atom stereocenters. The Kier molecular flexibility index (Phi) is 8.09. The van der Waals surface area contributed by atoms with Crippen molar-refractivity contribution in [2.45, 2.75) is 0 Å². The molecular weight excluding hydrogens is 351 g/mol. The molecular formula is C12H19N4NaO6S.